The molecule has 1 aliphatic carbocycles. The van der Waals surface area contributed by atoms with Crippen LogP contribution in [0.3, 0.4) is 0 Å². The number of aromatic nitrogens is 2. The number of hydrogen-bond donors (Lipinski definition) is 1. The van der Waals surface area contributed by atoms with Gasteiger partial charge in [-0.1, -0.05) is 6.42 Å². The molecule has 17 heavy (non-hydrogen) atoms. The van der Waals surface area contributed by atoms with Crippen LogP contribution in [0.2, 0.25) is 0 Å². The Bertz CT molecular complexity index is 361. The molecule has 2 atom stereocenters. The molecular formula is C13H21N3O. The molecule has 0 saturated heterocycles. The molecule has 0 aromatic carbocycles. The van der Waals surface area contributed by atoms with Crippen LogP contribution in [0.25, 0.3) is 0 Å². The molecule has 0 aliphatic heterocycles. The Hall–Kier alpha value is -1.16. The third-order valence-corrected chi connectivity index (χ3v) is 3.36. The van der Waals surface area contributed by atoms with Crippen molar-refractivity contribution in [2.45, 2.75) is 45.6 Å². The molecule has 0 radical (unpaired) electrons. The quantitative estimate of drug-likeness (QED) is 0.870. The molecule has 1 heterocycles. The summed E-state index contributed by atoms with van der Waals surface area (Å²) in [5.41, 5.74) is 6.75. The Morgan fingerprint density at radius 3 is 2.76 bits per heavy atom. The van der Waals surface area contributed by atoms with E-state index in [0.717, 1.165) is 17.9 Å². The predicted molar refractivity (Wildman–Crippen MR) is 66.9 cm³/mol. The van der Waals surface area contributed by atoms with Gasteiger partial charge in [0.15, 0.2) is 0 Å². The summed E-state index contributed by atoms with van der Waals surface area (Å²) in [4.78, 5) is 8.57. The number of hydrogen-bond acceptors (Lipinski definition) is 4. The fourth-order valence-electron chi connectivity index (χ4n) is 2.50. The van der Waals surface area contributed by atoms with E-state index >= 15 is 0 Å². The minimum atomic E-state index is 0.224. The molecule has 1 aliphatic rings. The molecule has 0 bridgehead atoms. The smallest absolute Gasteiger partial charge is 0.217 e. The summed E-state index contributed by atoms with van der Waals surface area (Å²) in [6.07, 6.45) is 4.98. The van der Waals surface area contributed by atoms with Crippen LogP contribution in [0.1, 0.15) is 37.2 Å². The molecule has 94 valence electrons. The van der Waals surface area contributed by atoms with Crippen LogP contribution in [0.15, 0.2) is 6.07 Å². The first kappa shape index (κ1) is 12.3. The molecule has 1 aromatic heterocycles. The molecule has 1 fully saturated rings. The standard InChI is InChI=1S/C13H21N3O/c1-9-7-13(16-10(2)15-9)17-12-6-4-3-5-11(12)8-14/h7,11-12H,3-6,8,14H2,1-2H3. The largest absolute Gasteiger partial charge is 0.474 e. The summed E-state index contributed by atoms with van der Waals surface area (Å²) in [5, 5.41) is 0. The third kappa shape index (κ3) is 3.16. The molecule has 2 N–H and O–H groups in total. The van der Waals surface area contributed by atoms with E-state index in [1.807, 2.05) is 19.9 Å². The molecular weight excluding hydrogens is 214 g/mol. The van der Waals surface area contributed by atoms with E-state index in [9.17, 15) is 0 Å². The van der Waals surface area contributed by atoms with E-state index in [-0.39, 0.29) is 6.10 Å². The van der Waals surface area contributed by atoms with Crippen LogP contribution in [-0.4, -0.2) is 22.6 Å². The Kier molecular flexibility index (Phi) is 3.94. The minimum absolute atomic E-state index is 0.224. The van der Waals surface area contributed by atoms with Gasteiger partial charge >= 0.3 is 0 Å². The van der Waals surface area contributed by atoms with E-state index in [2.05, 4.69) is 9.97 Å². The SMILES string of the molecule is Cc1cc(OC2CCCCC2CN)nc(C)n1. The highest BCUT2D eigenvalue weighted by Crippen LogP contribution is 2.27. The lowest BCUT2D eigenvalue weighted by molar-refractivity contribution is 0.0919. The van der Waals surface area contributed by atoms with E-state index < -0.39 is 0 Å². The first-order valence-corrected chi connectivity index (χ1v) is 6.38. The van der Waals surface area contributed by atoms with Gasteiger partial charge in [0.05, 0.1) is 0 Å². The summed E-state index contributed by atoms with van der Waals surface area (Å²) < 4.78 is 5.99. The van der Waals surface area contributed by atoms with Gasteiger partial charge in [0.1, 0.15) is 11.9 Å². The third-order valence-electron chi connectivity index (χ3n) is 3.36. The monoisotopic (exact) mass is 235 g/mol. The van der Waals surface area contributed by atoms with Crippen LogP contribution in [0.5, 0.6) is 5.88 Å². The highest BCUT2D eigenvalue weighted by Gasteiger charge is 2.26. The average molecular weight is 235 g/mol. The second-order valence-corrected chi connectivity index (χ2v) is 4.83. The lowest BCUT2D eigenvalue weighted by atomic mass is 9.86. The van der Waals surface area contributed by atoms with Crippen molar-refractivity contribution in [3.05, 3.63) is 17.6 Å². The van der Waals surface area contributed by atoms with Gasteiger partial charge in [0, 0.05) is 17.7 Å². The topological polar surface area (TPSA) is 61.0 Å². The molecule has 2 unspecified atom stereocenters. The lowest BCUT2D eigenvalue weighted by Crippen LogP contribution is -2.35. The van der Waals surface area contributed by atoms with Gasteiger partial charge in [-0.15, -0.1) is 0 Å². The van der Waals surface area contributed by atoms with Gasteiger partial charge in [-0.2, -0.15) is 4.98 Å². The van der Waals surface area contributed by atoms with Crippen molar-refractivity contribution >= 4 is 0 Å². The van der Waals surface area contributed by atoms with Gasteiger partial charge in [-0.3, -0.25) is 0 Å². The minimum Gasteiger partial charge on any atom is -0.474 e. The van der Waals surface area contributed by atoms with Crippen LogP contribution in [0, 0.1) is 19.8 Å². The average Bonchev–Trinajstić information content (AvgIpc) is 2.28. The molecule has 4 nitrogen and oxygen atoms in total. The van der Waals surface area contributed by atoms with Crippen LogP contribution >= 0.6 is 0 Å². The zero-order valence-corrected chi connectivity index (χ0v) is 10.6. The number of aryl methyl sites for hydroxylation is 2. The Morgan fingerprint density at radius 2 is 2.06 bits per heavy atom. The summed E-state index contributed by atoms with van der Waals surface area (Å²) in [6.45, 7) is 4.55. The number of nitrogens with two attached hydrogens (primary N) is 1. The van der Waals surface area contributed by atoms with E-state index in [0.29, 0.717) is 18.3 Å². The normalized spacial score (nSPS) is 24.6. The summed E-state index contributed by atoms with van der Waals surface area (Å²) in [7, 11) is 0. The van der Waals surface area contributed by atoms with Gasteiger partial charge in [-0.05, 0) is 39.7 Å². The Morgan fingerprint density at radius 1 is 1.29 bits per heavy atom. The van der Waals surface area contributed by atoms with Crippen molar-refractivity contribution in [3.63, 3.8) is 0 Å². The van der Waals surface area contributed by atoms with Crippen molar-refractivity contribution < 1.29 is 4.74 Å². The van der Waals surface area contributed by atoms with Crippen molar-refractivity contribution in [1.82, 2.24) is 9.97 Å². The maximum absolute atomic E-state index is 5.99. The van der Waals surface area contributed by atoms with Crippen molar-refractivity contribution in [3.8, 4) is 5.88 Å². The van der Waals surface area contributed by atoms with E-state index in [1.54, 1.807) is 0 Å². The number of rotatable bonds is 3. The molecule has 4 heteroatoms. The van der Waals surface area contributed by atoms with Gasteiger partial charge in [-0.25, -0.2) is 4.98 Å². The predicted octanol–water partition coefficient (Wildman–Crippen LogP) is 1.99. The van der Waals surface area contributed by atoms with Crippen molar-refractivity contribution in [1.29, 1.82) is 0 Å². The lowest BCUT2D eigenvalue weighted by Gasteiger charge is -2.30. The van der Waals surface area contributed by atoms with Gasteiger partial charge in [0.2, 0.25) is 5.88 Å². The first-order valence-electron chi connectivity index (χ1n) is 6.38. The highest BCUT2D eigenvalue weighted by molar-refractivity contribution is 5.15. The summed E-state index contributed by atoms with van der Waals surface area (Å²) in [6, 6.07) is 1.90. The van der Waals surface area contributed by atoms with Gasteiger partial charge < -0.3 is 10.5 Å². The number of nitrogens with zero attached hydrogens (tertiary/aromatic N) is 2. The Labute approximate surface area is 103 Å². The van der Waals surface area contributed by atoms with Crippen molar-refractivity contribution in [2.75, 3.05) is 6.54 Å². The zero-order valence-electron chi connectivity index (χ0n) is 10.6. The molecule has 1 saturated carbocycles. The fourth-order valence-corrected chi connectivity index (χ4v) is 2.50. The fraction of sp³-hybridized carbons (Fsp3) is 0.692. The Balaban J connectivity index is 2.08. The second kappa shape index (κ2) is 5.45. The first-order chi connectivity index (χ1) is 8.19. The molecule has 2 rings (SSSR count). The molecule has 1 aromatic rings. The van der Waals surface area contributed by atoms with E-state index in [4.69, 9.17) is 10.5 Å². The highest BCUT2D eigenvalue weighted by atomic mass is 16.5. The van der Waals surface area contributed by atoms with Crippen molar-refractivity contribution in [2.24, 2.45) is 11.7 Å². The molecule has 0 spiro atoms. The van der Waals surface area contributed by atoms with E-state index in [1.165, 1.54) is 19.3 Å². The van der Waals surface area contributed by atoms with Gasteiger partial charge in [0.25, 0.3) is 0 Å². The second-order valence-electron chi connectivity index (χ2n) is 4.83. The van der Waals surface area contributed by atoms with Crippen LogP contribution in [0.4, 0.5) is 0 Å². The van der Waals surface area contributed by atoms with Crippen LogP contribution < -0.4 is 10.5 Å². The molecule has 0 amide bonds. The summed E-state index contributed by atoms with van der Waals surface area (Å²) in [5.74, 6) is 1.93. The maximum atomic E-state index is 5.99. The maximum Gasteiger partial charge on any atom is 0.217 e. The van der Waals surface area contributed by atoms with Crippen LogP contribution in [-0.2, 0) is 0 Å². The zero-order chi connectivity index (χ0) is 12.3. The summed E-state index contributed by atoms with van der Waals surface area (Å²) >= 11 is 0. The number of ether oxygens (including phenoxy) is 1.